The van der Waals surface area contributed by atoms with Crippen molar-refractivity contribution in [3.63, 3.8) is 0 Å². The summed E-state index contributed by atoms with van der Waals surface area (Å²) in [6, 6.07) is 16.5. The van der Waals surface area contributed by atoms with E-state index in [1.807, 2.05) is 30.0 Å². The van der Waals surface area contributed by atoms with E-state index in [1.165, 1.54) is 11.1 Å². The number of rotatable bonds is 5. The fourth-order valence-corrected chi connectivity index (χ4v) is 4.36. The maximum atomic E-state index is 12.3. The zero-order valence-corrected chi connectivity index (χ0v) is 15.9. The van der Waals surface area contributed by atoms with Crippen LogP contribution in [0.4, 0.5) is 5.69 Å². The maximum absolute atomic E-state index is 12.3. The van der Waals surface area contributed by atoms with Crippen molar-refractivity contribution >= 4 is 35.0 Å². The number of hydrogen-bond donors (Lipinski definition) is 1. The summed E-state index contributed by atoms with van der Waals surface area (Å²) in [5.41, 5.74) is 3.29. The number of carbonyl (C=O) groups excluding carboxylic acids is 1. The first-order chi connectivity index (χ1) is 12.1. The molecule has 1 aliphatic rings. The summed E-state index contributed by atoms with van der Waals surface area (Å²) in [4.78, 5) is 14.7. The first-order valence-corrected chi connectivity index (χ1v) is 10.1. The molecule has 3 nitrogen and oxygen atoms in total. The van der Waals surface area contributed by atoms with Gasteiger partial charge in [0.15, 0.2) is 0 Å². The average Bonchev–Trinajstić information content (AvgIpc) is 2.63. The molecule has 0 aromatic heterocycles. The van der Waals surface area contributed by atoms with Crippen molar-refractivity contribution in [2.45, 2.75) is 19.4 Å². The number of anilines is 1. The molecule has 2 aromatic rings. The minimum absolute atomic E-state index is 0.00832. The highest BCUT2D eigenvalue weighted by Crippen LogP contribution is 2.30. The van der Waals surface area contributed by atoms with Crippen molar-refractivity contribution in [1.82, 2.24) is 4.90 Å². The number of halogens is 1. The van der Waals surface area contributed by atoms with Crippen LogP contribution in [0.25, 0.3) is 0 Å². The van der Waals surface area contributed by atoms with Gasteiger partial charge in [-0.25, -0.2) is 0 Å². The molecule has 3 rings (SSSR count). The number of hydrogen-bond acceptors (Lipinski definition) is 3. The molecule has 1 N–H and O–H groups in total. The predicted molar refractivity (Wildman–Crippen MR) is 108 cm³/mol. The number of nitrogens with one attached hydrogen (secondary N) is 1. The summed E-state index contributed by atoms with van der Waals surface area (Å²) in [6.45, 7) is 3.88. The Balaban J connectivity index is 1.59. The Hall–Kier alpha value is -1.49. The zero-order valence-electron chi connectivity index (χ0n) is 14.4. The van der Waals surface area contributed by atoms with Gasteiger partial charge in [0.25, 0.3) is 0 Å². The van der Waals surface area contributed by atoms with E-state index in [4.69, 9.17) is 11.6 Å². The Morgan fingerprint density at radius 2 is 2.00 bits per heavy atom. The Morgan fingerprint density at radius 3 is 2.76 bits per heavy atom. The molecule has 1 heterocycles. The minimum Gasteiger partial charge on any atom is -0.325 e. The molecule has 0 bridgehead atoms. The van der Waals surface area contributed by atoms with Crippen LogP contribution in [0, 0.1) is 6.92 Å². The zero-order chi connectivity index (χ0) is 17.6. The van der Waals surface area contributed by atoms with Crippen molar-refractivity contribution in [2.75, 3.05) is 29.9 Å². The molecule has 1 saturated heterocycles. The lowest BCUT2D eigenvalue weighted by molar-refractivity contribution is -0.116. The van der Waals surface area contributed by atoms with Gasteiger partial charge in [0.05, 0.1) is 10.7 Å². The molecule has 0 aliphatic carbocycles. The van der Waals surface area contributed by atoms with Crippen molar-refractivity contribution in [3.05, 3.63) is 64.7 Å². The van der Waals surface area contributed by atoms with E-state index in [2.05, 4.69) is 41.4 Å². The van der Waals surface area contributed by atoms with Gasteiger partial charge in [0, 0.05) is 37.1 Å². The number of carbonyl (C=O) groups is 1. The summed E-state index contributed by atoms with van der Waals surface area (Å²) >= 11 is 8.09. The van der Waals surface area contributed by atoms with E-state index >= 15 is 0 Å². The number of benzene rings is 2. The third-order valence-corrected chi connectivity index (χ3v) is 5.83. The van der Waals surface area contributed by atoms with Crippen molar-refractivity contribution in [3.8, 4) is 0 Å². The van der Waals surface area contributed by atoms with E-state index in [-0.39, 0.29) is 5.91 Å². The first-order valence-electron chi connectivity index (χ1n) is 8.56. The van der Waals surface area contributed by atoms with Gasteiger partial charge in [-0.2, -0.15) is 11.8 Å². The molecular weight excluding hydrogens is 352 g/mol. The Bertz CT molecular complexity index is 720. The minimum atomic E-state index is 0.00832. The Labute approximate surface area is 158 Å². The van der Waals surface area contributed by atoms with Gasteiger partial charge >= 0.3 is 0 Å². The third-order valence-electron chi connectivity index (χ3n) is 4.48. The highest BCUT2D eigenvalue weighted by molar-refractivity contribution is 7.99. The van der Waals surface area contributed by atoms with Crippen LogP contribution in [0.1, 0.15) is 23.6 Å². The highest BCUT2D eigenvalue weighted by atomic mass is 35.5. The number of aryl methyl sites for hydroxylation is 1. The van der Waals surface area contributed by atoms with Crippen LogP contribution in [0.2, 0.25) is 5.02 Å². The largest absolute Gasteiger partial charge is 0.325 e. The average molecular weight is 375 g/mol. The lowest BCUT2D eigenvalue weighted by atomic mass is 10.0. The summed E-state index contributed by atoms with van der Waals surface area (Å²) in [7, 11) is 0. The van der Waals surface area contributed by atoms with Crippen molar-refractivity contribution in [2.24, 2.45) is 0 Å². The van der Waals surface area contributed by atoms with Crippen molar-refractivity contribution in [1.29, 1.82) is 0 Å². The summed E-state index contributed by atoms with van der Waals surface area (Å²) < 4.78 is 0. The van der Waals surface area contributed by atoms with Crippen LogP contribution in [0.15, 0.2) is 48.5 Å². The molecule has 5 heteroatoms. The second-order valence-corrected chi connectivity index (χ2v) is 7.87. The Morgan fingerprint density at radius 1 is 1.24 bits per heavy atom. The molecule has 132 valence electrons. The second-order valence-electron chi connectivity index (χ2n) is 6.32. The molecule has 0 spiro atoms. The van der Waals surface area contributed by atoms with Crippen LogP contribution >= 0.6 is 23.4 Å². The maximum Gasteiger partial charge on any atom is 0.225 e. The third kappa shape index (κ3) is 5.00. The smallest absolute Gasteiger partial charge is 0.225 e. The second kappa shape index (κ2) is 8.75. The van der Waals surface area contributed by atoms with Crippen LogP contribution in [-0.4, -0.2) is 35.4 Å². The lowest BCUT2D eigenvalue weighted by Gasteiger charge is -2.35. The van der Waals surface area contributed by atoms with Crippen LogP contribution < -0.4 is 5.32 Å². The van der Waals surface area contributed by atoms with Gasteiger partial charge in [-0.3, -0.25) is 9.69 Å². The van der Waals surface area contributed by atoms with Gasteiger partial charge in [-0.1, -0.05) is 53.6 Å². The fraction of sp³-hybridized carbons (Fsp3) is 0.350. The summed E-state index contributed by atoms with van der Waals surface area (Å²) in [5, 5.41) is 3.48. The standard InChI is InChI=1S/C20H23ClN2OS/c1-15-6-8-16(9-7-15)19-14-25-13-12-23(19)11-10-20(24)22-18-5-3-2-4-17(18)21/h2-9,19H,10-14H2,1H3,(H,22,24). The molecule has 0 saturated carbocycles. The highest BCUT2D eigenvalue weighted by Gasteiger charge is 2.24. The molecule has 1 amide bonds. The van der Waals surface area contributed by atoms with E-state index in [0.717, 1.165) is 24.6 Å². The van der Waals surface area contributed by atoms with Crippen LogP contribution in [-0.2, 0) is 4.79 Å². The number of amides is 1. The summed E-state index contributed by atoms with van der Waals surface area (Å²) in [5.74, 6) is 2.21. The van der Waals surface area contributed by atoms with Crippen molar-refractivity contribution < 1.29 is 4.79 Å². The lowest BCUT2D eigenvalue weighted by Crippen LogP contribution is -2.38. The number of thioether (sulfide) groups is 1. The topological polar surface area (TPSA) is 32.3 Å². The normalized spacial score (nSPS) is 18.1. The number of para-hydroxylation sites is 1. The SMILES string of the molecule is Cc1ccc(C2CSCCN2CCC(=O)Nc2ccccc2Cl)cc1. The van der Waals surface area contributed by atoms with E-state index < -0.39 is 0 Å². The molecule has 25 heavy (non-hydrogen) atoms. The molecule has 1 unspecified atom stereocenters. The number of nitrogens with zero attached hydrogens (tertiary/aromatic N) is 1. The van der Waals surface area contributed by atoms with Gasteiger partial charge in [0.2, 0.25) is 5.91 Å². The van der Waals surface area contributed by atoms with Gasteiger partial charge in [-0.15, -0.1) is 0 Å². The van der Waals surface area contributed by atoms with Gasteiger partial charge < -0.3 is 5.32 Å². The molecule has 2 aromatic carbocycles. The quantitative estimate of drug-likeness (QED) is 0.818. The monoisotopic (exact) mass is 374 g/mol. The van der Waals surface area contributed by atoms with E-state index in [1.54, 1.807) is 6.07 Å². The van der Waals surface area contributed by atoms with Gasteiger partial charge in [-0.05, 0) is 24.6 Å². The molecule has 1 aliphatic heterocycles. The Kier molecular flexibility index (Phi) is 6.40. The molecular formula is C20H23ClN2OS. The van der Waals surface area contributed by atoms with E-state index in [0.29, 0.717) is 23.2 Å². The molecule has 1 fully saturated rings. The van der Waals surface area contributed by atoms with Crippen LogP contribution in [0.5, 0.6) is 0 Å². The molecule has 1 atom stereocenters. The first kappa shape index (κ1) is 18.3. The summed E-state index contributed by atoms with van der Waals surface area (Å²) in [6.07, 6.45) is 0.470. The van der Waals surface area contributed by atoms with E-state index in [9.17, 15) is 4.79 Å². The fourth-order valence-electron chi connectivity index (χ4n) is 3.02. The van der Waals surface area contributed by atoms with Crippen LogP contribution in [0.3, 0.4) is 0 Å². The van der Waals surface area contributed by atoms with Gasteiger partial charge in [0.1, 0.15) is 0 Å². The predicted octanol–water partition coefficient (Wildman–Crippen LogP) is 4.77. The molecule has 0 radical (unpaired) electrons.